The summed E-state index contributed by atoms with van der Waals surface area (Å²) in [4.78, 5) is 0. The summed E-state index contributed by atoms with van der Waals surface area (Å²) in [6.07, 6.45) is 1.93. The van der Waals surface area contributed by atoms with Gasteiger partial charge in [-0.1, -0.05) is 15.9 Å². The third-order valence-corrected chi connectivity index (χ3v) is 4.43. The summed E-state index contributed by atoms with van der Waals surface area (Å²) in [5.41, 5.74) is 0.0167. The van der Waals surface area contributed by atoms with Crippen LogP contribution in [0.1, 0.15) is 12.8 Å². The summed E-state index contributed by atoms with van der Waals surface area (Å²) in [7, 11) is 0. The average Bonchev–Trinajstić information content (AvgIpc) is 2.46. The second-order valence-electron chi connectivity index (χ2n) is 4.76. The minimum absolute atomic E-state index is 0.0167. The molecule has 1 aromatic rings. The zero-order valence-corrected chi connectivity index (χ0v) is 13.2. The fourth-order valence-corrected chi connectivity index (χ4v) is 2.76. The lowest BCUT2D eigenvalue weighted by Gasteiger charge is -2.36. The molecule has 0 aromatic heterocycles. The minimum atomic E-state index is 0.0167. The van der Waals surface area contributed by atoms with Crippen molar-refractivity contribution < 1.29 is 9.47 Å². The molecule has 0 radical (unpaired) electrons. The molecule has 0 aliphatic carbocycles. The average molecular weight is 349 g/mol. The highest BCUT2D eigenvalue weighted by atomic mass is 79.9. The molecular weight excluding hydrogens is 330 g/mol. The second kappa shape index (κ2) is 7.48. The molecule has 1 N–H and O–H groups in total. The van der Waals surface area contributed by atoms with E-state index >= 15 is 0 Å². The van der Waals surface area contributed by atoms with Gasteiger partial charge in [0.1, 0.15) is 12.4 Å². The Balaban J connectivity index is 1.72. The van der Waals surface area contributed by atoms with E-state index in [9.17, 15) is 0 Å². The molecule has 3 nitrogen and oxygen atoms in total. The number of alkyl halides is 1. The van der Waals surface area contributed by atoms with E-state index in [0.29, 0.717) is 12.5 Å². The van der Waals surface area contributed by atoms with Crippen molar-refractivity contribution in [3.63, 3.8) is 0 Å². The van der Waals surface area contributed by atoms with Crippen LogP contribution in [0.4, 0.5) is 0 Å². The first kappa shape index (κ1) is 15.1. The molecule has 0 unspecified atom stereocenters. The Morgan fingerprint density at radius 3 is 2.58 bits per heavy atom. The van der Waals surface area contributed by atoms with E-state index in [4.69, 9.17) is 21.1 Å². The van der Waals surface area contributed by atoms with Crippen molar-refractivity contribution >= 4 is 27.5 Å². The lowest BCUT2D eigenvalue weighted by molar-refractivity contribution is 0.0453. The maximum atomic E-state index is 6.09. The van der Waals surface area contributed by atoms with Gasteiger partial charge in [-0.05, 0) is 37.1 Å². The Labute approximate surface area is 127 Å². The van der Waals surface area contributed by atoms with E-state index in [1.165, 1.54) is 0 Å². The smallest absolute Gasteiger partial charge is 0.119 e. The number of nitrogens with one attached hydrogen (secondary N) is 1. The summed E-state index contributed by atoms with van der Waals surface area (Å²) in [5, 5.41) is 3.52. The first-order valence-corrected chi connectivity index (χ1v) is 7.84. The van der Waals surface area contributed by atoms with Crippen LogP contribution in [0.3, 0.4) is 0 Å². The quantitative estimate of drug-likeness (QED) is 0.632. The molecule has 19 heavy (non-hydrogen) atoms. The van der Waals surface area contributed by atoms with Crippen LogP contribution in [0, 0.1) is 0 Å². The maximum Gasteiger partial charge on any atom is 0.119 e. The summed E-state index contributed by atoms with van der Waals surface area (Å²) >= 11 is 9.49. The predicted octanol–water partition coefficient (Wildman–Crippen LogP) is 3.21. The monoisotopic (exact) mass is 347 g/mol. The van der Waals surface area contributed by atoms with E-state index in [0.717, 1.165) is 42.8 Å². The lowest BCUT2D eigenvalue weighted by atomic mass is 9.92. The molecular formula is C14H19BrClNO2. The number of ether oxygens (including phenoxy) is 2. The van der Waals surface area contributed by atoms with Crippen LogP contribution < -0.4 is 10.1 Å². The van der Waals surface area contributed by atoms with Crippen molar-refractivity contribution in [2.24, 2.45) is 0 Å². The standard InChI is InChI=1S/C14H19BrClNO2/c15-12-1-3-13(4-2-12)19-10-7-17-14(11-16)5-8-18-9-6-14/h1-4,17H,5-11H2. The van der Waals surface area contributed by atoms with Gasteiger partial charge >= 0.3 is 0 Å². The van der Waals surface area contributed by atoms with Gasteiger partial charge < -0.3 is 14.8 Å². The van der Waals surface area contributed by atoms with Crippen molar-refractivity contribution in [2.45, 2.75) is 18.4 Å². The summed E-state index contributed by atoms with van der Waals surface area (Å²) in [5.74, 6) is 1.51. The molecule has 1 heterocycles. The molecule has 0 amide bonds. The summed E-state index contributed by atoms with van der Waals surface area (Å²) in [6.45, 7) is 3.00. The maximum absolute atomic E-state index is 6.09. The fraction of sp³-hybridized carbons (Fsp3) is 0.571. The highest BCUT2D eigenvalue weighted by Gasteiger charge is 2.30. The first-order valence-electron chi connectivity index (χ1n) is 6.51. The molecule has 0 saturated carbocycles. The molecule has 1 aliphatic heterocycles. The van der Waals surface area contributed by atoms with Crippen LogP contribution in [0.2, 0.25) is 0 Å². The Bertz CT molecular complexity index is 380. The number of hydrogen-bond donors (Lipinski definition) is 1. The van der Waals surface area contributed by atoms with Gasteiger partial charge in [-0.2, -0.15) is 0 Å². The predicted molar refractivity (Wildman–Crippen MR) is 81.1 cm³/mol. The van der Waals surface area contributed by atoms with Crippen molar-refractivity contribution in [1.82, 2.24) is 5.32 Å². The molecule has 1 saturated heterocycles. The normalized spacial score (nSPS) is 18.2. The molecule has 0 atom stereocenters. The van der Waals surface area contributed by atoms with E-state index in [1.807, 2.05) is 24.3 Å². The van der Waals surface area contributed by atoms with E-state index in [2.05, 4.69) is 21.2 Å². The van der Waals surface area contributed by atoms with Crippen LogP contribution in [0.25, 0.3) is 0 Å². The summed E-state index contributed by atoms with van der Waals surface area (Å²) in [6, 6.07) is 7.86. The molecule has 0 bridgehead atoms. The molecule has 1 aliphatic rings. The van der Waals surface area contributed by atoms with E-state index in [1.54, 1.807) is 0 Å². The largest absolute Gasteiger partial charge is 0.492 e. The fourth-order valence-electron chi connectivity index (χ4n) is 2.14. The van der Waals surface area contributed by atoms with Gasteiger partial charge in [0.25, 0.3) is 0 Å². The van der Waals surface area contributed by atoms with Crippen molar-refractivity contribution in [3.8, 4) is 5.75 Å². The molecule has 1 fully saturated rings. The molecule has 1 aromatic carbocycles. The zero-order valence-electron chi connectivity index (χ0n) is 10.8. The SMILES string of the molecule is ClCC1(NCCOc2ccc(Br)cc2)CCOCC1. The van der Waals surface area contributed by atoms with Crippen LogP contribution in [0.5, 0.6) is 5.75 Å². The van der Waals surface area contributed by atoms with Gasteiger partial charge in [0.05, 0.1) is 0 Å². The van der Waals surface area contributed by atoms with E-state index < -0.39 is 0 Å². The van der Waals surface area contributed by atoms with Crippen LogP contribution in [0.15, 0.2) is 28.7 Å². The van der Waals surface area contributed by atoms with Crippen molar-refractivity contribution in [1.29, 1.82) is 0 Å². The van der Waals surface area contributed by atoms with Crippen LogP contribution >= 0.6 is 27.5 Å². The second-order valence-corrected chi connectivity index (χ2v) is 5.94. The molecule has 106 valence electrons. The third kappa shape index (κ3) is 4.63. The molecule has 5 heteroatoms. The minimum Gasteiger partial charge on any atom is -0.492 e. The Morgan fingerprint density at radius 1 is 1.26 bits per heavy atom. The Hall–Kier alpha value is -0.290. The van der Waals surface area contributed by atoms with Gasteiger partial charge in [0, 0.05) is 35.7 Å². The topological polar surface area (TPSA) is 30.5 Å². The van der Waals surface area contributed by atoms with Crippen molar-refractivity contribution in [2.75, 3.05) is 32.2 Å². The van der Waals surface area contributed by atoms with Crippen LogP contribution in [-0.4, -0.2) is 37.8 Å². The Morgan fingerprint density at radius 2 is 1.95 bits per heavy atom. The lowest BCUT2D eigenvalue weighted by Crippen LogP contribution is -2.52. The number of halogens is 2. The van der Waals surface area contributed by atoms with Gasteiger partial charge in [-0.15, -0.1) is 11.6 Å². The summed E-state index contributed by atoms with van der Waals surface area (Å²) < 4.78 is 12.1. The number of rotatable bonds is 6. The van der Waals surface area contributed by atoms with Gasteiger partial charge in [-0.3, -0.25) is 0 Å². The van der Waals surface area contributed by atoms with Crippen LogP contribution in [-0.2, 0) is 4.74 Å². The Kier molecular flexibility index (Phi) is 5.95. The third-order valence-electron chi connectivity index (χ3n) is 3.39. The molecule has 2 rings (SSSR count). The highest BCUT2D eigenvalue weighted by molar-refractivity contribution is 9.10. The van der Waals surface area contributed by atoms with Gasteiger partial charge in [0.15, 0.2) is 0 Å². The number of benzene rings is 1. The zero-order chi connectivity index (χ0) is 13.6. The van der Waals surface area contributed by atoms with Gasteiger partial charge in [-0.25, -0.2) is 0 Å². The molecule has 0 spiro atoms. The highest BCUT2D eigenvalue weighted by Crippen LogP contribution is 2.22. The van der Waals surface area contributed by atoms with E-state index in [-0.39, 0.29) is 5.54 Å². The van der Waals surface area contributed by atoms with Gasteiger partial charge in [0.2, 0.25) is 0 Å². The first-order chi connectivity index (χ1) is 9.24. The van der Waals surface area contributed by atoms with Crippen molar-refractivity contribution in [3.05, 3.63) is 28.7 Å². The number of hydrogen-bond acceptors (Lipinski definition) is 3.